The number of fused-ring (bicyclic) bond motifs is 4. The Labute approximate surface area is 168 Å². The Bertz CT molecular complexity index is 1370. The number of aryl methyl sites for hydroxylation is 2. The summed E-state index contributed by atoms with van der Waals surface area (Å²) in [6.45, 7) is 0.881. The van der Waals surface area contributed by atoms with E-state index in [0.717, 1.165) is 33.6 Å². The van der Waals surface area contributed by atoms with E-state index in [0.29, 0.717) is 0 Å². The molecule has 7 heteroatoms. The molecule has 0 atom stereocenters. The lowest BCUT2D eigenvalue weighted by Crippen LogP contribution is -2.01. The maximum absolute atomic E-state index is 4.79. The smallest absolute Gasteiger partial charge is 0.234 e. The Balaban J connectivity index is 1.38. The molecular formula is C21H15N5S2. The molecule has 4 aromatic heterocycles. The summed E-state index contributed by atoms with van der Waals surface area (Å²) in [4.78, 5) is 1.94. The molecule has 0 amide bonds. The number of hydrogen-bond donors (Lipinski definition) is 0. The molecule has 0 radical (unpaired) electrons. The van der Waals surface area contributed by atoms with Gasteiger partial charge in [0.15, 0.2) is 5.82 Å². The van der Waals surface area contributed by atoms with Gasteiger partial charge in [-0.05, 0) is 23.6 Å². The Morgan fingerprint density at radius 2 is 1.57 bits per heavy atom. The van der Waals surface area contributed by atoms with Crippen molar-refractivity contribution in [3.8, 4) is 10.7 Å². The fourth-order valence-electron chi connectivity index (χ4n) is 3.77. The number of thiophene rings is 1. The molecule has 0 saturated heterocycles. The topological polar surface area (TPSA) is 48.0 Å². The number of benzene rings is 2. The average molecular weight is 402 g/mol. The highest BCUT2D eigenvalue weighted by Gasteiger charge is 2.15. The minimum absolute atomic E-state index is 0.823. The quantitative estimate of drug-likeness (QED) is 0.405. The molecule has 5 nitrogen and oxygen atoms in total. The number of rotatable bonds is 4. The van der Waals surface area contributed by atoms with E-state index in [1.165, 1.54) is 21.8 Å². The highest BCUT2D eigenvalue weighted by atomic mass is 32.1. The van der Waals surface area contributed by atoms with Gasteiger partial charge in [0.05, 0.1) is 4.88 Å². The first-order chi connectivity index (χ1) is 13.9. The van der Waals surface area contributed by atoms with Gasteiger partial charge in [-0.25, -0.2) is 0 Å². The highest BCUT2D eigenvalue weighted by molar-refractivity contribution is 7.16. The molecule has 0 fully saturated rings. The summed E-state index contributed by atoms with van der Waals surface area (Å²) in [6, 6.07) is 21.3. The molecule has 0 aliphatic rings. The molecule has 0 spiro atoms. The van der Waals surface area contributed by atoms with E-state index in [4.69, 9.17) is 5.10 Å². The molecule has 0 aliphatic heterocycles. The highest BCUT2D eigenvalue weighted by Crippen LogP contribution is 2.30. The van der Waals surface area contributed by atoms with E-state index in [1.807, 2.05) is 16.0 Å². The molecule has 0 N–H and O–H groups in total. The normalized spacial score (nSPS) is 11.9. The van der Waals surface area contributed by atoms with Gasteiger partial charge in [-0.1, -0.05) is 53.8 Å². The molecule has 0 bridgehead atoms. The van der Waals surface area contributed by atoms with Gasteiger partial charge in [0.1, 0.15) is 5.01 Å². The van der Waals surface area contributed by atoms with Crippen LogP contribution in [-0.4, -0.2) is 24.4 Å². The first kappa shape index (κ1) is 16.0. The van der Waals surface area contributed by atoms with Crippen LogP contribution in [0, 0.1) is 0 Å². The van der Waals surface area contributed by atoms with Gasteiger partial charge < -0.3 is 4.57 Å². The third-order valence-electron chi connectivity index (χ3n) is 5.00. The van der Waals surface area contributed by atoms with Crippen LogP contribution in [0.2, 0.25) is 0 Å². The minimum atomic E-state index is 0.823. The van der Waals surface area contributed by atoms with Crippen LogP contribution >= 0.6 is 22.7 Å². The lowest BCUT2D eigenvalue weighted by atomic mass is 10.2. The van der Waals surface area contributed by atoms with Gasteiger partial charge in [0.25, 0.3) is 0 Å². The zero-order valence-electron chi connectivity index (χ0n) is 14.8. The predicted molar refractivity (Wildman–Crippen MR) is 115 cm³/mol. The van der Waals surface area contributed by atoms with Crippen LogP contribution in [0.25, 0.3) is 37.5 Å². The SMILES string of the molecule is c1csc(-c2nnc3sc(CCn4c5ccccc5c5ccccc54)nn23)c1. The largest absolute Gasteiger partial charge is 0.340 e. The summed E-state index contributed by atoms with van der Waals surface area (Å²) >= 11 is 3.27. The van der Waals surface area contributed by atoms with Crippen molar-refractivity contribution in [2.45, 2.75) is 13.0 Å². The first-order valence-corrected chi connectivity index (χ1v) is 10.8. The first-order valence-electron chi connectivity index (χ1n) is 9.09. The maximum Gasteiger partial charge on any atom is 0.234 e. The minimum Gasteiger partial charge on any atom is -0.340 e. The molecule has 4 heterocycles. The Kier molecular flexibility index (Phi) is 3.57. The van der Waals surface area contributed by atoms with Crippen molar-refractivity contribution in [3.63, 3.8) is 0 Å². The van der Waals surface area contributed by atoms with Crippen molar-refractivity contribution >= 4 is 49.4 Å². The van der Waals surface area contributed by atoms with Gasteiger partial charge in [0, 0.05) is 34.8 Å². The molecule has 6 rings (SSSR count). The van der Waals surface area contributed by atoms with Crippen LogP contribution in [0.1, 0.15) is 5.01 Å². The van der Waals surface area contributed by atoms with Gasteiger partial charge in [-0.15, -0.1) is 21.5 Å². The Hall–Kier alpha value is -3.03. The number of para-hydroxylation sites is 2. The molecule has 6 aromatic rings. The van der Waals surface area contributed by atoms with Crippen LogP contribution in [0.4, 0.5) is 0 Å². The standard InChI is InChI=1S/C21H15N5S2/c1-3-8-16-14(6-1)15-7-2-4-9-17(15)25(16)12-11-19-24-26-20(18-10-5-13-27-18)22-23-21(26)28-19/h1-10,13H,11-12H2. The third-order valence-corrected chi connectivity index (χ3v) is 6.83. The summed E-state index contributed by atoms with van der Waals surface area (Å²) in [6.07, 6.45) is 0.862. The van der Waals surface area contributed by atoms with E-state index in [1.54, 1.807) is 22.7 Å². The van der Waals surface area contributed by atoms with Crippen LogP contribution in [0.3, 0.4) is 0 Å². The van der Waals surface area contributed by atoms with E-state index in [2.05, 4.69) is 69.4 Å². The van der Waals surface area contributed by atoms with E-state index in [9.17, 15) is 0 Å². The zero-order valence-corrected chi connectivity index (χ0v) is 16.5. The van der Waals surface area contributed by atoms with E-state index >= 15 is 0 Å². The van der Waals surface area contributed by atoms with Crippen LogP contribution < -0.4 is 0 Å². The number of nitrogens with zero attached hydrogens (tertiary/aromatic N) is 5. The summed E-state index contributed by atoms with van der Waals surface area (Å²) in [5, 5.41) is 19.1. The number of aromatic nitrogens is 5. The summed E-state index contributed by atoms with van der Waals surface area (Å²) in [5.74, 6) is 0.823. The van der Waals surface area contributed by atoms with Gasteiger partial charge >= 0.3 is 0 Å². The molecule has 0 aliphatic carbocycles. The summed E-state index contributed by atoms with van der Waals surface area (Å²) < 4.78 is 4.27. The number of hydrogen-bond acceptors (Lipinski definition) is 5. The predicted octanol–water partition coefficient (Wildman–Crippen LogP) is 5.26. The van der Waals surface area contributed by atoms with Crippen LogP contribution in [-0.2, 0) is 13.0 Å². The van der Waals surface area contributed by atoms with Gasteiger partial charge in [0.2, 0.25) is 4.96 Å². The van der Waals surface area contributed by atoms with Crippen molar-refractivity contribution in [2.24, 2.45) is 0 Å². The lowest BCUT2D eigenvalue weighted by Gasteiger charge is -2.05. The molecule has 0 saturated carbocycles. The van der Waals surface area contributed by atoms with Crippen molar-refractivity contribution in [2.75, 3.05) is 0 Å². The monoisotopic (exact) mass is 401 g/mol. The fourth-order valence-corrected chi connectivity index (χ4v) is 5.28. The van der Waals surface area contributed by atoms with Crippen LogP contribution in [0.5, 0.6) is 0 Å². The third kappa shape index (κ3) is 2.40. The Morgan fingerprint density at radius 1 is 0.821 bits per heavy atom. The fraction of sp³-hybridized carbons (Fsp3) is 0.0952. The molecular weight excluding hydrogens is 386 g/mol. The molecule has 28 heavy (non-hydrogen) atoms. The van der Waals surface area contributed by atoms with E-state index in [-0.39, 0.29) is 0 Å². The maximum atomic E-state index is 4.79. The van der Waals surface area contributed by atoms with Crippen molar-refractivity contribution < 1.29 is 0 Å². The second-order valence-electron chi connectivity index (χ2n) is 6.63. The van der Waals surface area contributed by atoms with Crippen molar-refractivity contribution in [1.29, 1.82) is 0 Å². The van der Waals surface area contributed by atoms with Crippen molar-refractivity contribution in [3.05, 3.63) is 71.1 Å². The molecule has 136 valence electrons. The van der Waals surface area contributed by atoms with E-state index < -0.39 is 0 Å². The van der Waals surface area contributed by atoms with Crippen molar-refractivity contribution in [1.82, 2.24) is 24.4 Å². The van der Waals surface area contributed by atoms with Crippen LogP contribution in [0.15, 0.2) is 66.0 Å². The molecule has 0 unspecified atom stereocenters. The summed E-state index contributed by atoms with van der Waals surface area (Å²) in [7, 11) is 0. The average Bonchev–Trinajstić information content (AvgIpc) is 3.49. The van der Waals surface area contributed by atoms with Gasteiger partial charge in [-0.2, -0.15) is 9.61 Å². The summed E-state index contributed by atoms with van der Waals surface area (Å²) in [5.41, 5.74) is 2.54. The molecule has 2 aromatic carbocycles. The second-order valence-corrected chi connectivity index (χ2v) is 8.62. The Morgan fingerprint density at radius 3 is 2.29 bits per heavy atom. The zero-order chi connectivity index (χ0) is 18.5. The lowest BCUT2D eigenvalue weighted by molar-refractivity contribution is 0.728. The second kappa shape index (κ2) is 6.25. The van der Waals surface area contributed by atoms with Gasteiger partial charge in [-0.3, -0.25) is 0 Å².